The van der Waals surface area contributed by atoms with Gasteiger partial charge in [0.2, 0.25) is 0 Å². The lowest BCUT2D eigenvalue weighted by Crippen LogP contribution is -2.28. The van der Waals surface area contributed by atoms with Crippen LogP contribution in [0.15, 0.2) is 41.5 Å². The summed E-state index contributed by atoms with van der Waals surface area (Å²) in [4.78, 5) is 19.9. The van der Waals surface area contributed by atoms with Crippen molar-refractivity contribution in [3.63, 3.8) is 0 Å². The van der Waals surface area contributed by atoms with Crippen molar-refractivity contribution in [2.24, 2.45) is 0 Å². The fraction of sp³-hybridized carbons (Fsp3) is 0.300. The molecule has 6 nitrogen and oxygen atoms in total. The van der Waals surface area contributed by atoms with Gasteiger partial charge in [0, 0.05) is 18.8 Å². The number of phenols is 1. The molecule has 0 saturated heterocycles. The topological polar surface area (TPSA) is 69.9 Å². The minimum Gasteiger partial charge on any atom is -0.508 e. The van der Waals surface area contributed by atoms with Gasteiger partial charge in [-0.15, -0.1) is 24.8 Å². The fourth-order valence-electron chi connectivity index (χ4n) is 3.60. The van der Waals surface area contributed by atoms with Crippen LogP contribution in [0.4, 0.5) is 5.69 Å². The van der Waals surface area contributed by atoms with Gasteiger partial charge in [-0.25, -0.2) is 4.98 Å². The van der Waals surface area contributed by atoms with E-state index >= 15 is 0 Å². The average molecular weight is 423 g/mol. The van der Waals surface area contributed by atoms with E-state index in [1.165, 1.54) is 6.07 Å². The number of aromatic hydroxyl groups is 1. The summed E-state index contributed by atoms with van der Waals surface area (Å²) < 4.78 is 1.93. The van der Waals surface area contributed by atoms with Gasteiger partial charge in [0.25, 0.3) is 0 Å². The van der Waals surface area contributed by atoms with Gasteiger partial charge >= 0.3 is 0 Å². The minimum absolute atomic E-state index is 0. The summed E-state index contributed by atoms with van der Waals surface area (Å²) in [6.07, 6.45) is 1.73. The monoisotopic (exact) mass is 422 g/mol. The Labute approximate surface area is 175 Å². The maximum atomic E-state index is 13.2. The van der Waals surface area contributed by atoms with Crippen molar-refractivity contribution in [2.75, 3.05) is 31.5 Å². The number of aromatic nitrogens is 2. The molecule has 0 aliphatic rings. The predicted molar refractivity (Wildman–Crippen MR) is 120 cm³/mol. The molecule has 0 aliphatic heterocycles. The van der Waals surface area contributed by atoms with Crippen LogP contribution < -0.4 is 10.7 Å². The number of anilines is 1. The summed E-state index contributed by atoms with van der Waals surface area (Å²) in [5.74, 6) is 0.0869. The predicted octanol–water partition coefficient (Wildman–Crippen LogP) is 3.74. The molecule has 4 rings (SSSR count). The number of nitrogens with zero attached hydrogens (tertiary/aromatic N) is 3. The highest BCUT2D eigenvalue weighted by Gasteiger charge is 2.16. The van der Waals surface area contributed by atoms with E-state index in [0.29, 0.717) is 10.8 Å². The van der Waals surface area contributed by atoms with Crippen LogP contribution in [-0.4, -0.2) is 45.6 Å². The number of hydrogen-bond donors (Lipinski definition) is 2. The first-order valence-electron chi connectivity index (χ1n) is 8.98. The molecule has 0 unspecified atom stereocenters. The summed E-state index contributed by atoms with van der Waals surface area (Å²) in [7, 11) is 0. The van der Waals surface area contributed by atoms with E-state index in [1.54, 1.807) is 18.5 Å². The molecule has 2 aromatic heterocycles. The van der Waals surface area contributed by atoms with Crippen LogP contribution in [0.2, 0.25) is 0 Å². The van der Waals surface area contributed by atoms with E-state index in [2.05, 4.69) is 29.0 Å². The Kier molecular flexibility index (Phi) is 6.93. The van der Waals surface area contributed by atoms with Crippen molar-refractivity contribution in [1.82, 2.24) is 14.3 Å². The van der Waals surface area contributed by atoms with Gasteiger partial charge in [-0.05, 0) is 43.4 Å². The molecule has 2 N–H and O–H groups in total. The summed E-state index contributed by atoms with van der Waals surface area (Å²) >= 11 is 0. The number of halogens is 2. The second-order valence-corrected chi connectivity index (χ2v) is 6.45. The number of hydrogen-bond acceptors (Lipinski definition) is 5. The molecule has 8 heteroatoms. The van der Waals surface area contributed by atoms with Gasteiger partial charge in [0.15, 0.2) is 5.43 Å². The normalized spacial score (nSPS) is 11.1. The molecule has 0 fully saturated rings. The highest BCUT2D eigenvalue weighted by Crippen LogP contribution is 2.29. The van der Waals surface area contributed by atoms with Crippen LogP contribution in [0.3, 0.4) is 0 Å². The summed E-state index contributed by atoms with van der Waals surface area (Å²) in [5, 5.41) is 14.4. The maximum absolute atomic E-state index is 13.2. The van der Waals surface area contributed by atoms with Crippen molar-refractivity contribution >= 4 is 57.8 Å². The van der Waals surface area contributed by atoms with Crippen LogP contribution in [0, 0.1) is 0 Å². The van der Waals surface area contributed by atoms with Gasteiger partial charge in [-0.1, -0.05) is 13.8 Å². The minimum atomic E-state index is -0.0835. The van der Waals surface area contributed by atoms with Crippen molar-refractivity contribution in [3.05, 3.63) is 46.9 Å². The largest absolute Gasteiger partial charge is 0.508 e. The highest BCUT2D eigenvalue weighted by molar-refractivity contribution is 6.07. The standard InChI is InChI=1S/C20H22N4O2.2ClH/c1-3-23(4-2)10-9-21-15-6-7-16-19-18(15)20(26)14-11-13(25)5-8-17(14)24(19)12-22-16;;/h5-8,11-12,21,25H,3-4,9-10H2,1-2H3;2*1H. The van der Waals surface area contributed by atoms with E-state index in [-0.39, 0.29) is 36.0 Å². The van der Waals surface area contributed by atoms with E-state index in [1.807, 2.05) is 16.5 Å². The van der Waals surface area contributed by atoms with E-state index in [0.717, 1.165) is 48.4 Å². The molecule has 0 saturated carbocycles. The lowest BCUT2D eigenvalue weighted by atomic mass is 10.1. The molecular formula is C20H24Cl2N4O2. The molecule has 0 atom stereocenters. The number of benzene rings is 2. The van der Waals surface area contributed by atoms with Crippen molar-refractivity contribution in [1.29, 1.82) is 0 Å². The second kappa shape index (κ2) is 8.82. The first-order chi connectivity index (χ1) is 12.6. The van der Waals surface area contributed by atoms with Gasteiger partial charge in [-0.2, -0.15) is 0 Å². The van der Waals surface area contributed by atoms with Gasteiger partial charge < -0.3 is 15.3 Å². The Morgan fingerprint density at radius 2 is 1.89 bits per heavy atom. The third kappa shape index (κ3) is 3.55. The van der Waals surface area contributed by atoms with Gasteiger partial charge in [0.05, 0.1) is 27.3 Å². The molecule has 0 amide bonds. The molecule has 0 spiro atoms. The molecule has 0 bridgehead atoms. The first-order valence-corrected chi connectivity index (χ1v) is 8.98. The van der Waals surface area contributed by atoms with Gasteiger partial charge in [0.1, 0.15) is 12.1 Å². The van der Waals surface area contributed by atoms with Gasteiger partial charge in [-0.3, -0.25) is 9.20 Å². The number of nitrogens with one attached hydrogen (secondary N) is 1. The highest BCUT2D eigenvalue weighted by atomic mass is 35.5. The molecule has 0 radical (unpaired) electrons. The number of likely N-dealkylation sites (N-methyl/N-ethyl adjacent to an activating group) is 1. The van der Waals surface area contributed by atoms with Crippen LogP contribution in [-0.2, 0) is 0 Å². The van der Waals surface area contributed by atoms with Crippen LogP contribution in [0.25, 0.3) is 27.3 Å². The summed E-state index contributed by atoms with van der Waals surface area (Å²) in [6, 6.07) is 8.73. The Hall–Kier alpha value is -2.28. The summed E-state index contributed by atoms with van der Waals surface area (Å²) in [5.41, 5.74) is 3.09. The average Bonchev–Trinajstić information content (AvgIpc) is 3.08. The maximum Gasteiger partial charge on any atom is 0.199 e. The number of imidazole rings is 1. The molecule has 150 valence electrons. The van der Waals surface area contributed by atoms with Crippen molar-refractivity contribution in [2.45, 2.75) is 13.8 Å². The first kappa shape index (κ1) is 22.0. The smallest absolute Gasteiger partial charge is 0.199 e. The quantitative estimate of drug-likeness (QED) is 0.463. The lowest BCUT2D eigenvalue weighted by molar-refractivity contribution is 0.316. The molecule has 4 aromatic rings. The second-order valence-electron chi connectivity index (χ2n) is 6.45. The molecule has 2 aromatic carbocycles. The molecule has 28 heavy (non-hydrogen) atoms. The van der Waals surface area contributed by atoms with E-state index < -0.39 is 0 Å². The molecule has 2 heterocycles. The Morgan fingerprint density at radius 1 is 1.14 bits per heavy atom. The SMILES string of the molecule is CCN(CC)CCNc1ccc2ncn3c4ccc(O)cc4c(=O)c1c23.Cl.Cl. The number of pyridine rings is 1. The zero-order chi connectivity index (χ0) is 18.3. The fourth-order valence-corrected chi connectivity index (χ4v) is 3.60. The lowest BCUT2D eigenvalue weighted by Gasteiger charge is -2.19. The van der Waals surface area contributed by atoms with E-state index in [4.69, 9.17) is 0 Å². The van der Waals surface area contributed by atoms with E-state index in [9.17, 15) is 9.90 Å². The number of rotatable bonds is 6. The summed E-state index contributed by atoms with van der Waals surface area (Å²) in [6.45, 7) is 7.96. The van der Waals surface area contributed by atoms with Crippen LogP contribution in [0.5, 0.6) is 5.75 Å². The van der Waals surface area contributed by atoms with Crippen molar-refractivity contribution < 1.29 is 5.11 Å². The van der Waals surface area contributed by atoms with Crippen LogP contribution >= 0.6 is 24.8 Å². The zero-order valence-electron chi connectivity index (χ0n) is 15.8. The third-order valence-electron chi connectivity index (χ3n) is 5.06. The Morgan fingerprint density at radius 3 is 2.61 bits per heavy atom. The zero-order valence-corrected chi connectivity index (χ0v) is 17.4. The Bertz CT molecular complexity index is 1140. The Balaban J connectivity index is 0.00000140. The van der Waals surface area contributed by atoms with Crippen molar-refractivity contribution in [3.8, 4) is 5.75 Å². The van der Waals surface area contributed by atoms with Crippen LogP contribution in [0.1, 0.15) is 13.8 Å². The number of phenolic OH excluding ortho intramolecular Hbond substituents is 1. The molecular weight excluding hydrogens is 399 g/mol. The number of fused-ring (bicyclic) bond motifs is 2. The third-order valence-corrected chi connectivity index (χ3v) is 5.06. The molecule has 0 aliphatic carbocycles.